The molecule has 27 heavy (non-hydrogen) atoms. The maximum atomic E-state index is 13.5. The Balaban J connectivity index is 1.94. The van der Waals surface area contributed by atoms with E-state index in [9.17, 15) is 18.4 Å². The number of fused-ring (bicyclic) bond motifs is 1. The van der Waals surface area contributed by atoms with Crippen molar-refractivity contribution in [3.05, 3.63) is 74.8 Å². The molecule has 0 atom stereocenters. The van der Waals surface area contributed by atoms with E-state index in [0.29, 0.717) is 28.9 Å². The van der Waals surface area contributed by atoms with Gasteiger partial charge in [0.25, 0.3) is 11.5 Å². The van der Waals surface area contributed by atoms with E-state index in [4.69, 9.17) is 11.6 Å². The van der Waals surface area contributed by atoms with Crippen molar-refractivity contribution in [1.29, 1.82) is 0 Å². The Morgan fingerprint density at radius 2 is 1.96 bits per heavy atom. The minimum Gasteiger partial charge on any atom is -0.331 e. The zero-order chi connectivity index (χ0) is 19.6. The molecule has 0 bridgehead atoms. The average molecular weight is 392 g/mol. The molecule has 3 rings (SSSR count). The molecule has 5 nitrogen and oxygen atoms in total. The van der Waals surface area contributed by atoms with E-state index in [1.165, 1.54) is 11.0 Å². The summed E-state index contributed by atoms with van der Waals surface area (Å²) in [6, 6.07) is 7.72. The number of carbonyl (C=O) groups is 1. The Morgan fingerprint density at radius 1 is 1.19 bits per heavy atom. The van der Waals surface area contributed by atoms with Crippen molar-refractivity contribution in [2.45, 2.75) is 19.9 Å². The molecular formula is C19H16ClF2N3O2. The standard InChI is InChI=1S/C19H16ClF2N3O2/c1-2-7-25(19(27)11-3-6-14(21)15(22)8-11)10-17-23-16-9-12(20)4-5-13(16)18(26)24-17/h3-6,8-9H,2,7,10H2,1H3,(H,23,24,26). The van der Waals surface area contributed by atoms with Crippen LogP contribution in [0.4, 0.5) is 8.78 Å². The number of nitrogens with one attached hydrogen (secondary N) is 1. The Labute approximate surface area is 158 Å². The van der Waals surface area contributed by atoms with Gasteiger partial charge in [0.1, 0.15) is 5.82 Å². The van der Waals surface area contributed by atoms with E-state index in [-0.39, 0.29) is 23.5 Å². The minimum atomic E-state index is -1.09. The molecule has 3 aromatic rings. The van der Waals surface area contributed by atoms with E-state index >= 15 is 0 Å². The Morgan fingerprint density at radius 3 is 2.67 bits per heavy atom. The summed E-state index contributed by atoms with van der Waals surface area (Å²) >= 11 is 5.95. The van der Waals surface area contributed by atoms with Crippen LogP contribution in [0.1, 0.15) is 29.5 Å². The monoisotopic (exact) mass is 391 g/mol. The summed E-state index contributed by atoms with van der Waals surface area (Å²) in [6.45, 7) is 2.25. The number of H-pyrrole nitrogens is 1. The summed E-state index contributed by atoms with van der Waals surface area (Å²) in [5, 5.41) is 0.826. The van der Waals surface area contributed by atoms with E-state index in [2.05, 4.69) is 9.97 Å². The van der Waals surface area contributed by atoms with Gasteiger partial charge in [0, 0.05) is 17.1 Å². The van der Waals surface area contributed by atoms with Gasteiger partial charge in [-0.05, 0) is 42.8 Å². The maximum absolute atomic E-state index is 13.5. The predicted octanol–water partition coefficient (Wildman–Crippen LogP) is 3.91. The van der Waals surface area contributed by atoms with Crippen LogP contribution in [-0.2, 0) is 6.54 Å². The zero-order valence-corrected chi connectivity index (χ0v) is 15.2. The van der Waals surface area contributed by atoms with E-state index in [0.717, 1.165) is 12.1 Å². The Kier molecular flexibility index (Phi) is 5.51. The first-order chi connectivity index (χ1) is 12.9. The Hall–Kier alpha value is -2.80. The van der Waals surface area contributed by atoms with Gasteiger partial charge in [0.05, 0.1) is 17.4 Å². The van der Waals surface area contributed by atoms with Crippen molar-refractivity contribution in [3.8, 4) is 0 Å². The third kappa shape index (κ3) is 4.14. The first-order valence-electron chi connectivity index (χ1n) is 8.32. The SMILES string of the molecule is CCCN(Cc1nc2cc(Cl)ccc2c(=O)[nH]1)C(=O)c1ccc(F)c(F)c1. The molecule has 140 valence electrons. The van der Waals surface area contributed by atoms with Crippen LogP contribution in [0.5, 0.6) is 0 Å². The first-order valence-corrected chi connectivity index (χ1v) is 8.69. The van der Waals surface area contributed by atoms with Gasteiger partial charge in [-0.15, -0.1) is 0 Å². The second-order valence-electron chi connectivity index (χ2n) is 6.03. The largest absolute Gasteiger partial charge is 0.331 e. The fraction of sp³-hybridized carbons (Fsp3) is 0.211. The van der Waals surface area contributed by atoms with E-state index in [1.54, 1.807) is 18.2 Å². The highest BCUT2D eigenvalue weighted by atomic mass is 35.5. The van der Waals surface area contributed by atoms with Gasteiger partial charge in [-0.1, -0.05) is 18.5 Å². The topological polar surface area (TPSA) is 66.1 Å². The van der Waals surface area contributed by atoms with Crippen LogP contribution in [0.2, 0.25) is 5.02 Å². The number of aromatic nitrogens is 2. The van der Waals surface area contributed by atoms with Gasteiger partial charge >= 0.3 is 0 Å². The molecule has 1 aromatic heterocycles. The predicted molar refractivity (Wildman–Crippen MR) is 98.8 cm³/mol. The van der Waals surface area contributed by atoms with Crippen LogP contribution < -0.4 is 5.56 Å². The molecule has 2 aromatic carbocycles. The highest BCUT2D eigenvalue weighted by Gasteiger charge is 2.18. The van der Waals surface area contributed by atoms with Crippen LogP contribution >= 0.6 is 11.6 Å². The number of rotatable bonds is 5. The number of carbonyl (C=O) groups excluding carboxylic acids is 1. The van der Waals surface area contributed by atoms with Gasteiger partial charge in [0.15, 0.2) is 11.6 Å². The molecule has 1 heterocycles. The fourth-order valence-corrected chi connectivity index (χ4v) is 2.92. The summed E-state index contributed by atoms with van der Waals surface area (Å²) in [5.74, 6) is -2.32. The molecule has 0 saturated heterocycles. The number of benzene rings is 2. The van der Waals surface area contributed by atoms with E-state index < -0.39 is 17.5 Å². The zero-order valence-electron chi connectivity index (χ0n) is 14.4. The van der Waals surface area contributed by atoms with E-state index in [1.807, 2.05) is 6.92 Å². The lowest BCUT2D eigenvalue weighted by atomic mass is 10.1. The second kappa shape index (κ2) is 7.84. The molecule has 0 aliphatic heterocycles. The van der Waals surface area contributed by atoms with Crippen molar-refractivity contribution in [2.24, 2.45) is 0 Å². The van der Waals surface area contributed by atoms with Crippen LogP contribution in [-0.4, -0.2) is 27.3 Å². The van der Waals surface area contributed by atoms with Crippen LogP contribution in [0.25, 0.3) is 10.9 Å². The summed E-state index contributed by atoms with van der Waals surface area (Å²) in [4.78, 5) is 33.4. The summed E-state index contributed by atoms with van der Waals surface area (Å²) in [5.41, 5.74) is 0.0925. The number of aromatic amines is 1. The number of amides is 1. The molecule has 0 radical (unpaired) electrons. The number of hydrogen-bond acceptors (Lipinski definition) is 3. The van der Waals surface area contributed by atoms with Gasteiger partial charge in [0.2, 0.25) is 0 Å². The maximum Gasteiger partial charge on any atom is 0.258 e. The van der Waals surface area contributed by atoms with Gasteiger partial charge < -0.3 is 9.88 Å². The molecule has 1 N–H and O–H groups in total. The molecule has 8 heteroatoms. The van der Waals surface area contributed by atoms with Crippen molar-refractivity contribution in [3.63, 3.8) is 0 Å². The average Bonchev–Trinajstić information content (AvgIpc) is 2.62. The van der Waals surface area contributed by atoms with Crippen LogP contribution in [0, 0.1) is 11.6 Å². The van der Waals surface area contributed by atoms with Crippen molar-refractivity contribution in [1.82, 2.24) is 14.9 Å². The molecule has 0 unspecified atom stereocenters. The number of hydrogen-bond donors (Lipinski definition) is 1. The molecule has 0 aliphatic rings. The van der Waals surface area contributed by atoms with Crippen molar-refractivity contribution in [2.75, 3.05) is 6.54 Å². The highest BCUT2D eigenvalue weighted by molar-refractivity contribution is 6.31. The quantitative estimate of drug-likeness (QED) is 0.717. The minimum absolute atomic E-state index is 0.0172. The lowest BCUT2D eigenvalue weighted by molar-refractivity contribution is 0.0738. The smallest absolute Gasteiger partial charge is 0.258 e. The first kappa shape index (κ1) is 19.0. The summed E-state index contributed by atoms with van der Waals surface area (Å²) in [7, 11) is 0. The molecule has 0 saturated carbocycles. The third-order valence-electron chi connectivity index (χ3n) is 4.01. The molecular weight excluding hydrogens is 376 g/mol. The molecule has 0 aliphatic carbocycles. The summed E-state index contributed by atoms with van der Waals surface area (Å²) in [6.07, 6.45) is 0.638. The number of halogens is 3. The van der Waals surface area contributed by atoms with Crippen LogP contribution in [0.15, 0.2) is 41.2 Å². The van der Waals surface area contributed by atoms with Crippen molar-refractivity contribution >= 4 is 28.4 Å². The highest BCUT2D eigenvalue weighted by Crippen LogP contribution is 2.16. The number of nitrogens with zero attached hydrogens (tertiary/aromatic N) is 2. The van der Waals surface area contributed by atoms with Gasteiger partial charge in [-0.2, -0.15) is 0 Å². The fourth-order valence-electron chi connectivity index (χ4n) is 2.75. The lowest BCUT2D eigenvalue weighted by Crippen LogP contribution is -2.33. The van der Waals surface area contributed by atoms with Gasteiger partial charge in [-0.3, -0.25) is 9.59 Å². The van der Waals surface area contributed by atoms with Crippen LogP contribution in [0.3, 0.4) is 0 Å². The van der Waals surface area contributed by atoms with Crippen molar-refractivity contribution < 1.29 is 13.6 Å². The third-order valence-corrected chi connectivity index (χ3v) is 4.24. The molecule has 1 amide bonds. The van der Waals surface area contributed by atoms with Gasteiger partial charge in [-0.25, -0.2) is 13.8 Å². The molecule has 0 fully saturated rings. The lowest BCUT2D eigenvalue weighted by Gasteiger charge is -2.22. The summed E-state index contributed by atoms with van der Waals surface area (Å²) < 4.78 is 26.6. The Bertz CT molecular complexity index is 1070. The molecule has 0 spiro atoms. The normalized spacial score (nSPS) is 11.0. The second-order valence-corrected chi connectivity index (χ2v) is 6.47.